The zero-order chi connectivity index (χ0) is 13.0. The molecule has 0 aromatic heterocycles. The van der Waals surface area contributed by atoms with Crippen LogP contribution in [-0.2, 0) is 6.54 Å². The first-order chi connectivity index (χ1) is 8.70. The van der Waals surface area contributed by atoms with E-state index in [-0.39, 0.29) is 0 Å². The Morgan fingerprint density at radius 2 is 1.89 bits per heavy atom. The van der Waals surface area contributed by atoms with E-state index in [2.05, 4.69) is 36.2 Å². The molecule has 1 fully saturated rings. The Morgan fingerprint density at radius 3 is 2.56 bits per heavy atom. The zero-order valence-corrected chi connectivity index (χ0v) is 11.8. The van der Waals surface area contributed by atoms with Gasteiger partial charge < -0.3 is 10.1 Å². The minimum atomic E-state index is 0.734. The first-order valence-electron chi connectivity index (χ1n) is 6.86. The van der Waals surface area contributed by atoms with Crippen molar-refractivity contribution in [2.24, 2.45) is 0 Å². The molecule has 0 saturated carbocycles. The van der Waals surface area contributed by atoms with E-state index in [0.717, 1.165) is 45.1 Å². The Morgan fingerprint density at radius 1 is 1.17 bits per heavy atom. The standard InChI is InChI=1S/C15H24N2O/c1-4-18-15-10-12(2)14(9-13(15)3)11-17-7-5-16-6-8-17/h9-10,16H,4-8,11H2,1-3H3. The van der Waals surface area contributed by atoms with Crippen molar-refractivity contribution in [3.63, 3.8) is 0 Å². The van der Waals surface area contributed by atoms with E-state index >= 15 is 0 Å². The summed E-state index contributed by atoms with van der Waals surface area (Å²) in [5, 5.41) is 3.39. The molecule has 1 aliphatic rings. The van der Waals surface area contributed by atoms with Crippen LogP contribution in [0.4, 0.5) is 0 Å². The van der Waals surface area contributed by atoms with Crippen LogP contribution in [0.5, 0.6) is 5.75 Å². The van der Waals surface area contributed by atoms with Gasteiger partial charge in [-0.15, -0.1) is 0 Å². The van der Waals surface area contributed by atoms with Crippen LogP contribution in [0.1, 0.15) is 23.6 Å². The van der Waals surface area contributed by atoms with Gasteiger partial charge in [-0.05, 0) is 43.5 Å². The van der Waals surface area contributed by atoms with Crippen molar-refractivity contribution in [3.8, 4) is 5.75 Å². The molecule has 0 unspecified atom stereocenters. The normalized spacial score (nSPS) is 16.8. The molecule has 100 valence electrons. The second kappa shape index (κ2) is 6.21. The second-order valence-corrected chi connectivity index (χ2v) is 5.00. The summed E-state index contributed by atoms with van der Waals surface area (Å²) in [7, 11) is 0. The molecule has 1 aromatic carbocycles. The highest BCUT2D eigenvalue weighted by atomic mass is 16.5. The molecule has 0 amide bonds. The highest BCUT2D eigenvalue weighted by molar-refractivity contribution is 5.41. The summed E-state index contributed by atoms with van der Waals surface area (Å²) in [5.74, 6) is 1.03. The Bertz CT molecular complexity index is 398. The van der Waals surface area contributed by atoms with E-state index in [1.165, 1.54) is 16.7 Å². The number of aryl methyl sites for hydroxylation is 2. The predicted octanol–water partition coefficient (Wildman–Crippen LogP) is 2.11. The number of hydrogen-bond acceptors (Lipinski definition) is 3. The number of rotatable bonds is 4. The summed E-state index contributed by atoms with van der Waals surface area (Å²) in [4.78, 5) is 2.51. The molecule has 0 atom stereocenters. The maximum atomic E-state index is 5.64. The molecule has 1 N–H and O–H groups in total. The molecule has 1 saturated heterocycles. The lowest BCUT2D eigenvalue weighted by molar-refractivity contribution is 0.232. The van der Waals surface area contributed by atoms with Gasteiger partial charge in [0.15, 0.2) is 0 Å². The van der Waals surface area contributed by atoms with Gasteiger partial charge in [-0.3, -0.25) is 4.90 Å². The van der Waals surface area contributed by atoms with Crippen LogP contribution < -0.4 is 10.1 Å². The zero-order valence-electron chi connectivity index (χ0n) is 11.8. The molecule has 1 aliphatic heterocycles. The van der Waals surface area contributed by atoms with Crippen molar-refractivity contribution in [3.05, 3.63) is 28.8 Å². The van der Waals surface area contributed by atoms with Crippen LogP contribution in [0, 0.1) is 13.8 Å². The quantitative estimate of drug-likeness (QED) is 0.883. The lowest BCUT2D eigenvalue weighted by Gasteiger charge is -2.28. The van der Waals surface area contributed by atoms with E-state index in [1.54, 1.807) is 0 Å². The average Bonchev–Trinajstić information content (AvgIpc) is 2.37. The maximum absolute atomic E-state index is 5.64. The Hall–Kier alpha value is -1.06. The average molecular weight is 248 g/mol. The topological polar surface area (TPSA) is 24.5 Å². The molecule has 2 rings (SSSR count). The fourth-order valence-electron chi connectivity index (χ4n) is 2.44. The van der Waals surface area contributed by atoms with Crippen LogP contribution in [0.3, 0.4) is 0 Å². The third-order valence-corrected chi connectivity index (χ3v) is 3.54. The van der Waals surface area contributed by atoms with E-state index in [4.69, 9.17) is 4.74 Å². The second-order valence-electron chi connectivity index (χ2n) is 5.00. The van der Waals surface area contributed by atoms with Crippen molar-refractivity contribution in [2.45, 2.75) is 27.3 Å². The summed E-state index contributed by atoms with van der Waals surface area (Å²) in [6, 6.07) is 4.46. The molecule has 0 aliphatic carbocycles. The van der Waals surface area contributed by atoms with Gasteiger partial charge in [0.25, 0.3) is 0 Å². The van der Waals surface area contributed by atoms with Gasteiger partial charge in [0, 0.05) is 32.7 Å². The summed E-state index contributed by atoms with van der Waals surface area (Å²) in [6.07, 6.45) is 0. The number of piperazine rings is 1. The van der Waals surface area contributed by atoms with Crippen molar-refractivity contribution < 1.29 is 4.74 Å². The van der Waals surface area contributed by atoms with Crippen LogP contribution in [0.25, 0.3) is 0 Å². The molecular weight excluding hydrogens is 224 g/mol. The molecule has 0 bridgehead atoms. The first-order valence-corrected chi connectivity index (χ1v) is 6.86. The van der Waals surface area contributed by atoms with E-state index in [9.17, 15) is 0 Å². The third kappa shape index (κ3) is 3.24. The maximum Gasteiger partial charge on any atom is 0.122 e. The Kier molecular flexibility index (Phi) is 4.61. The van der Waals surface area contributed by atoms with Crippen molar-refractivity contribution in [1.82, 2.24) is 10.2 Å². The van der Waals surface area contributed by atoms with Gasteiger partial charge >= 0.3 is 0 Å². The number of ether oxygens (including phenoxy) is 1. The predicted molar refractivity (Wildman–Crippen MR) is 75.2 cm³/mol. The van der Waals surface area contributed by atoms with E-state index in [0.29, 0.717) is 0 Å². The van der Waals surface area contributed by atoms with E-state index in [1.807, 2.05) is 6.92 Å². The smallest absolute Gasteiger partial charge is 0.122 e. The number of benzene rings is 1. The summed E-state index contributed by atoms with van der Waals surface area (Å²) in [5.41, 5.74) is 4.01. The summed E-state index contributed by atoms with van der Waals surface area (Å²) in [6.45, 7) is 12.6. The van der Waals surface area contributed by atoms with Crippen molar-refractivity contribution in [2.75, 3.05) is 32.8 Å². The molecule has 0 radical (unpaired) electrons. The molecule has 1 heterocycles. The van der Waals surface area contributed by atoms with Gasteiger partial charge in [-0.25, -0.2) is 0 Å². The highest BCUT2D eigenvalue weighted by Crippen LogP contribution is 2.24. The highest BCUT2D eigenvalue weighted by Gasteiger charge is 2.12. The molecule has 0 spiro atoms. The van der Waals surface area contributed by atoms with Gasteiger partial charge in [0.2, 0.25) is 0 Å². The van der Waals surface area contributed by atoms with Crippen LogP contribution in [-0.4, -0.2) is 37.7 Å². The SMILES string of the molecule is CCOc1cc(C)c(CN2CCNCC2)cc1C. The number of hydrogen-bond donors (Lipinski definition) is 1. The number of nitrogens with one attached hydrogen (secondary N) is 1. The van der Waals surface area contributed by atoms with Crippen molar-refractivity contribution >= 4 is 0 Å². The van der Waals surface area contributed by atoms with Crippen molar-refractivity contribution in [1.29, 1.82) is 0 Å². The largest absolute Gasteiger partial charge is 0.494 e. The number of nitrogens with zero attached hydrogens (tertiary/aromatic N) is 1. The van der Waals surface area contributed by atoms with Gasteiger partial charge in [0.05, 0.1) is 6.61 Å². The third-order valence-electron chi connectivity index (χ3n) is 3.54. The van der Waals surface area contributed by atoms with Crippen LogP contribution in [0.15, 0.2) is 12.1 Å². The minimum Gasteiger partial charge on any atom is -0.494 e. The Labute approximate surface area is 110 Å². The molecular formula is C15H24N2O. The fourth-order valence-corrected chi connectivity index (χ4v) is 2.44. The summed E-state index contributed by atoms with van der Waals surface area (Å²) >= 11 is 0. The first kappa shape index (κ1) is 13.4. The fraction of sp³-hybridized carbons (Fsp3) is 0.600. The lowest BCUT2D eigenvalue weighted by Crippen LogP contribution is -2.43. The van der Waals surface area contributed by atoms with Crippen LogP contribution >= 0.6 is 0 Å². The Balaban J connectivity index is 2.10. The van der Waals surface area contributed by atoms with Gasteiger partial charge in [0.1, 0.15) is 5.75 Å². The molecule has 3 heteroatoms. The minimum absolute atomic E-state index is 0.734. The molecule has 18 heavy (non-hydrogen) atoms. The van der Waals surface area contributed by atoms with E-state index < -0.39 is 0 Å². The molecule has 1 aromatic rings. The summed E-state index contributed by atoms with van der Waals surface area (Å²) < 4.78 is 5.64. The monoisotopic (exact) mass is 248 g/mol. The lowest BCUT2D eigenvalue weighted by atomic mass is 10.0. The van der Waals surface area contributed by atoms with Crippen LogP contribution in [0.2, 0.25) is 0 Å². The molecule has 3 nitrogen and oxygen atoms in total. The van der Waals surface area contributed by atoms with Gasteiger partial charge in [-0.2, -0.15) is 0 Å². The van der Waals surface area contributed by atoms with Gasteiger partial charge in [-0.1, -0.05) is 6.07 Å².